The van der Waals surface area contributed by atoms with E-state index in [1.54, 1.807) is 37.3 Å². The fourth-order valence-corrected chi connectivity index (χ4v) is 1.80. The van der Waals surface area contributed by atoms with Crippen molar-refractivity contribution >= 4 is 5.91 Å². The predicted octanol–water partition coefficient (Wildman–Crippen LogP) is 3.02. The molecule has 2 N–H and O–H groups in total. The van der Waals surface area contributed by atoms with E-state index in [0.717, 1.165) is 5.56 Å². The third-order valence-corrected chi connectivity index (χ3v) is 2.84. The summed E-state index contributed by atoms with van der Waals surface area (Å²) in [6, 6.07) is 12.1. The zero-order valence-corrected chi connectivity index (χ0v) is 10.4. The van der Waals surface area contributed by atoms with Crippen molar-refractivity contribution in [2.75, 3.05) is 0 Å². The van der Waals surface area contributed by atoms with Gasteiger partial charge in [-0.25, -0.2) is 4.39 Å². The van der Waals surface area contributed by atoms with E-state index >= 15 is 0 Å². The van der Waals surface area contributed by atoms with Gasteiger partial charge in [0.2, 0.25) is 0 Å². The molecule has 0 aromatic heterocycles. The second-order valence-electron chi connectivity index (χ2n) is 4.27. The summed E-state index contributed by atoms with van der Waals surface area (Å²) in [5, 5.41) is 12.1. The van der Waals surface area contributed by atoms with Crippen LogP contribution < -0.4 is 5.32 Å². The van der Waals surface area contributed by atoms with Crippen LogP contribution in [0, 0.1) is 5.82 Å². The second kappa shape index (κ2) is 5.52. The van der Waals surface area contributed by atoms with Crippen LogP contribution in [0.15, 0.2) is 48.5 Å². The summed E-state index contributed by atoms with van der Waals surface area (Å²) in [5.74, 6) is -0.901. The van der Waals surface area contributed by atoms with Gasteiger partial charge in [0.1, 0.15) is 11.6 Å². The maximum Gasteiger partial charge on any atom is 0.254 e. The van der Waals surface area contributed by atoms with Crippen LogP contribution in [0.5, 0.6) is 5.75 Å². The monoisotopic (exact) mass is 259 g/mol. The molecule has 1 unspecified atom stereocenters. The first-order valence-corrected chi connectivity index (χ1v) is 5.92. The molecule has 2 aromatic rings. The molecule has 2 aromatic carbocycles. The van der Waals surface area contributed by atoms with Gasteiger partial charge < -0.3 is 10.4 Å². The fourth-order valence-electron chi connectivity index (χ4n) is 1.80. The SMILES string of the molecule is CC(NC(=O)c1ccccc1F)c1cccc(O)c1. The number of hydrogen-bond donors (Lipinski definition) is 2. The van der Waals surface area contributed by atoms with Gasteiger partial charge in [-0.2, -0.15) is 0 Å². The molecule has 0 fully saturated rings. The Morgan fingerprint density at radius 1 is 1.21 bits per heavy atom. The number of aromatic hydroxyl groups is 1. The molecular weight excluding hydrogens is 245 g/mol. The van der Waals surface area contributed by atoms with E-state index in [1.165, 1.54) is 18.2 Å². The molecule has 0 heterocycles. The van der Waals surface area contributed by atoms with Crippen LogP contribution in [0.3, 0.4) is 0 Å². The van der Waals surface area contributed by atoms with Gasteiger partial charge in [-0.05, 0) is 36.8 Å². The van der Waals surface area contributed by atoms with Crippen molar-refractivity contribution in [1.82, 2.24) is 5.32 Å². The van der Waals surface area contributed by atoms with Gasteiger partial charge in [-0.1, -0.05) is 24.3 Å². The molecule has 98 valence electrons. The highest BCUT2D eigenvalue weighted by Crippen LogP contribution is 2.18. The second-order valence-corrected chi connectivity index (χ2v) is 4.27. The number of carbonyl (C=O) groups is 1. The summed E-state index contributed by atoms with van der Waals surface area (Å²) in [5.41, 5.74) is 0.763. The Hall–Kier alpha value is -2.36. The van der Waals surface area contributed by atoms with E-state index in [-0.39, 0.29) is 17.4 Å². The topological polar surface area (TPSA) is 49.3 Å². The Labute approximate surface area is 110 Å². The van der Waals surface area contributed by atoms with Crippen molar-refractivity contribution in [1.29, 1.82) is 0 Å². The van der Waals surface area contributed by atoms with E-state index in [1.807, 2.05) is 0 Å². The normalized spacial score (nSPS) is 11.9. The summed E-state index contributed by atoms with van der Waals surface area (Å²) in [6.07, 6.45) is 0. The van der Waals surface area contributed by atoms with Crippen molar-refractivity contribution in [2.45, 2.75) is 13.0 Å². The zero-order chi connectivity index (χ0) is 13.8. The lowest BCUT2D eigenvalue weighted by molar-refractivity contribution is 0.0935. The largest absolute Gasteiger partial charge is 0.508 e. The number of phenolic OH excluding ortho intramolecular Hbond substituents is 1. The lowest BCUT2D eigenvalue weighted by Crippen LogP contribution is -2.27. The Bertz CT molecular complexity index is 598. The van der Waals surface area contributed by atoms with Crippen LogP contribution in [0.2, 0.25) is 0 Å². The van der Waals surface area contributed by atoms with E-state index in [0.29, 0.717) is 0 Å². The van der Waals surface area contributed by atoms with Crippen molar-refractivity contribution in [3.63, 3.8) is 0 Å². The number of rotatable bonds is 3. The molecule has 1 amide bonds. The fraction of sp³-hybridized carbons (Fsp3) is 0.133. The molecule has 1 atom stereocenters. The quantitative estimate of drug-likeness (QED) is 0.890. The average molecular weight is 259 g/mol. The third-order valence-electron chi connectivity index (χ3n) is 2.84. The van der Waals surface area contributed by atoms with Gasteiger partial charge in [0.25, 0.3) is 5.91 Å². The maximum atomic E-state index is 13.5. The van der Waals surface area contributed by atoms with E-state index in [4.69, 9.17) is 0 Å². The molecule has 0 aliphatic carbocycles. The van der Waals surface area contributed by atoms with E-state index in [2.05, 4.69) is 5.32 Å². The van der Waals surface area contributed by atoms with Crippen LogP contribution in [-0.2, 0) is 0 Å². The number of hydrogen-bond acceptors (Lipinski definition) is 2. The zero-order valence-electron chi connectivity index (χ0n) is 10.4. The number of phenols is 1. The molecule has 0 aliphatic rings. The Morgan fingerprint density at radius 2 is 1.95 bits per heavy atom. The van der Waals surface area contributed by atoms with Crippen LogP contribution in [0.4, 0.5) is 4.39 Å². The highest BCUT2D eigenvalue weighted by Gasteiger charge is 2.14. The van der Waals surface area contributed by atoms with Crippen molar-refractivity contribution in [3.05, 3.63) is 65.5 Å². The summed E-state index contributed by atoms with van der Waals surface area (Å²) in [4.78, 5) is 11.9. The van der Waals surface area contributed by atoms with Crippen molar-refractivity contribution in [3.8, 4) is 5.75 Å². The molecule has 0 aliphatic heterocycles. The number of benzene rings is 2. The van der Waals surface area contributed by atoms with Gasteiger partial charge in [0, 0.05) is 0 Å². The number of nitrogens with one attached hydrogen (secondary N) is 1. The van der Waals surface area contributed by atoms with E-state index in [9.17, 15) is 14.3 Å². The first-order valence-electron chi connectivity index (χ1n) is 5.92. The molecule has 0 bridgehead atoms. The summed E-state index contributed by atoms with van der Waals surface area (Å²) < 4.78 is 13.5. The van der Waals surface area contributed by atoms with Crippen LogP contribution in [-0.4, -0.2) is 11.0 Å². The molecule has 0 saturated carbocycles. The molecule has 3 nitrogen and oxygen atoms in total. The summed E-state index contributed by atoms with van der Waals surface area (Å²) >= 11 is 0. The first-order chi connectivity index (χ1) is 9.08. The molecule has 0 spiro atoms. The highest BCUT2D eigenvalue weighted by molar-refractivity contribution is 5.94. The van der Waals surface area contributed by atoms with Crippen molar-refractivity contribution < 1.29 is 14.3 Å². The molecular formula is C15H14FNO2. The average Bonchev–Trinajstić information content (AvgIpc) is 2.39. The van der Waals surface area contributed by atoms with Crippen LogP contribution >= 0.6 is 0 Å². The molecule has 0 radical (unpaired) electrons. The highest BCUT2D eigenvalue weighted by atomic mass is 19.1. The van der Waals surface area contributed by atoms with Gasteiger partial charge in [-0.3, -0.25) is 4.79 Å². The summed E-state index contributed by atoms with van der Waals surface area (Å²) in [6.45, 7) is 1.77. The minimum absolute atomic E-state index is 0.00880. The smallest absolute Gasteiger partial charge is 0.254 e. The summed E-state index contributed by atoms with van der Waals surface area (Å²) in [7, 11) is 0. The standard InChI is InChI=1S/C15H14FNO2/c1-10(11-5-4-6-12(18)9-11)17-15(19)13-7-2-3-8-14(13)16/h2-10,18H,1H3,(H,17,19). The maximum absolute atomic E-state index is 13.5. The molecule has 19 heavy (non-hydrogen) atoms. The Morgan fingerprint density at radius 3 is 2.63 bits per heavy atom. The minimum Gasteiger partial charge on any atom is -0.508 e. The van der Waals surface area contributed by atoms with Crippen LogP contribution in [0.1, 0.15) is 28.9 Å². The predicted molar refractivity (Wildman–Crippen MR) is 70.4 cm³/mol. The Kier molecular flexibility index (Phi) is 3.80. The van der Waals surface area contributed by atoms with Crippen molar-refractivity contribution in [2.24, 2.45) is 0 Å². The number of halogens is 1. The number of amides is 1. The first kappa shape index (κ1) is 13.1. The van der Waals surface area contributed by atoms with Gasteiger partial charge in [0.05, 0.1) is 11.6 Å². The van der Waals surface area contributed by atoms with Gasteiger partial charge >= 0.3 is 0 Å². The van der Waals surface area contributed by atoms with E-state index < -0.39 is 11.7 Å². The van der Waals surface area contributed by atoms with Crippen LogP contribution in [0.25, 0.3) is 0 Å². The van der Waals surface area contributed by atoms with Gasteiger partial charge in [0.15, 0.2) is 0 Å². The molecule has 0 saturated heterocycles. The minimum atomic E-state index is -0.553. The lowest BCUT2D eigenvalue weighted by Gasteiger charge is -2.14. The molecule has 4 heteroatoms. The lowest BCUT2D eigenvalue weighted by atomic mass is 10.1. The molecule has 2 rings (SSSR count). The number of carbonyl (C=O) groups excluding carboxylic acids is 1. The third kappa shape index (κ3) is 3.10. The van der Waals surface area contributed by atoms with Gasteiger partial charge in [-0.15, -0.1) is 0 Å². The Balaban J connectivity index is 2.13.